The van der Waals surface area contributed by atoms with Gasteiger partial charge in [0.25, 0.3) is 0 Å². The molecule has 0 fully saturated rings. The van der Waals surface area contributed by atoms with Crippen molar-refractivity contribution in [1.82, 2.24) is 4.98 Å². The molecule has 0 amide bonds. The van der Waals surface area contributed by atoms with Crippen LogP contribution in [0.4, 0.5) is 15.9 Å². The first-order valence-corrected chi connectivity index (χ1v) is 6.92. The number of para-hydroxylation sites is 1. The Morgan fingerprint density at radius 2 is 2.00 bits per heavy atom. The van der Waals surface area contributed by atoms with Crippen LogP contribution in [-0.2, 0) is 0 Å². The molecular formula is C14H14Cl2FN3. The largest absolute Gasteiger partial charge is 0.330 e. The molecule has 0 aliphatic heterocycles. The molecule has 0 spiro atoms. The first-order valence-electron chi connectivity index (χ1n) is 6.16. The lowest BCUT2D eigenvalue weighted by atomic mass is 10.2. The molecule has 2 rings (SSSR count). The van der Waals surface area contributed by atoms with Crippen molar-refractivity contribution in [2.24, 2.45) is 5.73 Å². The smallest absolute Gasteiger partial charge is 0.151 e. The summed E-state index contributed by atoms with van der Waals surface area (Å²) in [5.41, 5.74) is 5.95. The maximum absolute atomic E-state index is 14.0. The van der Waals surface area contributed by atoms with Gasteiger partial charge in [-0.15, -0.1) is 0 Å². The highest BCUT2D eigenvalue weighted by atomic mass is 35.5. The minimum Gasteiger partial charge on any atom is -0.330 e. The predicted octanol–water partition coefficient (Wildman–Crippen LogP) is 4.01. The van der Waals surface area contributed by atoms with Crippen LogP contribution in [0.15, 0.2) is 36.5 Å². The minimum absolute atomic E-state index is 0.336. The molecule has 0 radical (unpaired) electrons. The number of halogens is 3. The minimum atomic E-state index is -0.336. The molecule has 20 heavy (non-hydrogen) atoms. The summed E-state index contributed by atoms with van der Waals surface area (Å²) < 4.78 is 14.0. The van der Waals surface area contributed by atoms with Gasteiger partial charge in [-0.05, 0) is 31.2 Å². The Morgan fingerprint density at radius 3 is 2.65 bits per heavy atom. The van der Waals surface area contributed by atoms with Gasteiger partial charge in [-0.2, -0.15) is 0 Å². The third kappa shape index (κ3) is 3.39. The molecule has 0 bridgehead atoms. The first-order chi connectivity index (χ1) is 9.63. The number of anilines is 2. The number of nitrogens with two attached hydrogens (primary N) is 1. The summed E-state index contributed by atoms with van der Waals surface area (Å²) in [6.07, 6.45) is 2.17. The van der Waals surface area contributed by atoms with Gasteiger partial charge in [0, 0.05) is 12.7 Å². The Morgan fingerprint density at radius 1 is 1.25 bits per heavy atom. The van der Waals surface area contributed by atoms with E-state index in [0.29, 0.717) is 41.1 Å². The summed E-state index contributed by atoms with van der Waals surface area (Å²) in [5.74, 6) is 0.131. The van der Waals surface area contributed by atoms with Crippen molar-refractivity contribution in [2.45, 2.75) is 6.42 Å². The summed E-state index contributed by atoms with van der Waals surface area (Å²) in [5, 5.41) is 0.809. The lowest BCUT2D eigenvalue weighted by Gasteiger charge is -2.25. The van der Waals surface area contributed by atoms with E-state index in [1.165, 1.54) is 12.3 Å². The zero-order valence-corrected chi connectivity index (χ0v) is 12.2. The van der Waals surface area contributed by atoms with E-state index in [4.69, 9.17) is 28.9 Å². The SMILES string of the molecule is NCCCN(c1ccccc1F)c1ncc(Cl)cc1Cl. The van der Waals surface area contributed by atoms with Gasteiger partial charge in [0.15, 0.2) is 5.82 Å². The second-order valence-corrected chi connectivity index (χ2v) is 5.05. The lowest BCUT2D eigenvalue weighted by Crippen LogP contribution is -2.23. The van der Waals surface area contributed by atoms with Crippen LogP contribution >= 0.6 is 23.2 Å². The van der Waals surface area contributed by atoms with Crippen molar-refractivity contribution < 1.29 is 4.39 Å². The third-order valence-electron chi connectivity index (χ3n) is 2.77. The van der Waals surface area contributed by atoms with E-state index >= 15 is 0 Å². The van der Waals surface area contributed by atoms with Crippen molar-refractivity contribution in [2.75, 3.05) is 18.0 Å². The van der Waals surface area contributed by atoms with Gasteiger partial charge in [0.05, 0.1) is 15.7 Å². The highest BCUT2D eigenvalue weighted by Gasteiger charge is 2.17. The predicted molar refractivity (Wildman–Crippen MR) is 81.3 cm³/mol. The second kappa shape index (κ2) is 6.88. The van der Waals surface area contributed by atoms with E-state index in [-0.39, 0.29) is 5.82 Å². The fraction of sp³-hybridized carbons (Fsp3) is 0.214. The zero-order chi connectivity index (χ0) is 14.5. The molecule has 1 heterocycles. The van der Waals surface area contributed by atoms with Crippen LogP contribution in [0.1, 0.15) is 6.42 Å². The van der Waals surface area contributed by atoms with Crippen LogP contribution in [-0.4, -0.2) is 18.1 Å². The van der Waals surface area contributed by atoms with Crippen molar-refractivity contribution in [3.8, 4) is 0 Å². The van der Waals surface area contributed by atoms with Gasteiger partial charge < -0.3 is 10.6 Å². The highest BCUT2D eigenvalue weighted by molar-refractivity contribution is 6.36. The van der Waals surface area contributed by atoms with Gasteiger partial charge in [-0.1, -0.05) is 35.3 Å². The number of benzene rings is 1. The molecule has 3 nitrogen and oxygen atoms in total. The maximum Gasteiger partial charge on any atom is 0.151 e. The monoisotopic (exact) mass is 313 g/mol. The molecule has 0 unspecified atom stereocenters. The summed E-state index contributed by atoms with van der Waals surface area (Å²) in [7, 11) is 0. The highest BCUT2D eigenvalue weighted by Crippen LogP contribution is 2.32. The van der Waals surface area contributed by atoms with Crippen molar-refractivity contribution in [3.05, 3.63) is 52.4 Å². The van der Waals surface area contributed by atoms with Gasteiger partial charge in [-0.25, -0.2) is 9.37 Å². The molecule has 0 atom stereocenters. The molecule has 106 valence electrons. The number of hydrogen-bond donors (Lipinski definition) is 1. The number of nitrogens with zero attached hydrogens (tertiary/aromatic N) is 2. The van der Waals surface area contributed by atoms with Crippen molar-refractivity contribution in [3.63, 3.8) is 0 Å². The quantitative estimate of drug-likeness (QED) is 0.906. The Hall–Kier alpha value is -1.36. The summed E-state index contributed by atoms with van der Waals surface area (Å²) >= 11 is 12.0. The Labute approximate surface area is 127 Å². The fourth-order valence-electron chi connectivity index (χ4n) is 1.87. The zero-order valence-electron chi connectivity index (χ0n) is 10.7. The van der Waals surface area contributed by atoms with E-state index in [9.17, 15) is 4.39 Å². The van der Waals surface area contributed by atoms with E-state index < -0.39 is 0 Å². The van der Waals surface area contributed by atoms with Gasteiger partial charge in [-0.3, -0.25) is 0 Å². The Bertz CT molecular complexity index is 592. The van der Waals surface area contributed by atoms with E-state index in [1.54, 1.807) is 29.2 Å². The van der Waals surface area contributed by atoms with Crippen molar-refractivity contribution >= 4 is 34.7 Å². The van der Waals surface area contributed by atoms with Gasteiger partial charge in [0.2, 0.25) is 0 Å². The second-order valence-electron chi connectivity index (χ2n) is 4.20. The molecule has 0 aliphatic rings. The number of pyridine rings is 1. The van der Waals surface area contributed by atoms with Crippen LogP contribution < -0.4 is 10.6 Å². The van der Waals surface area contributed by atoms with Crippen molar-refractivity contribution in [1.29, 1.82) is 0 Å². The van der Waals surface area contributed by atoms with Crippen LogP contribution in [0.25, 0.3) is 0 Å². The fourth-order valence-corrected chi connectivity index (χ4v) is 2.35. The van der Waals surface area contributed by atoms with Crippen LogP contribution in [0.2, 0.25) is 10.0 Å². The summed E-state index contributed by atoms with van der Waals surface area (Å²) in [6, 6.07) is 8.06. The molecule has 0 saturated heterocycles. The molecule has 0 aliphatic carbocycles. The van der Waals surface area contributed by atoms with Gasteiger partial charge in [0.1, 0.15) is 5.82 Å². The average molecular weight is 314 g/mol. The molecule has 1 aromatic carbocycles. The molecule has 6 heteroatoms. The van der Waals surface area contributed by atoms with Gasteiger partial charge >= 0.3 is 0 Å². The summed E-state index contributed by atoms with van der Waals surface area (Å²) in [6.45, 7) is 1.02. The Kier molecular flexibility index (Phi) is 5.17. The topological polar surface area (TPSA) is 42.1 Å². The van der Waals surface area contributed by atoms with E-state index in [2.05, 4.69) is 4.98 Å². The maximum atomic E-state index is 14.0. The average Bonchev–Trinajstić information content (AvgIpc) is 2.42. The molecular weight excluding hydrogens is 300 g/mol. The van der Waals surface area contributed by atoms with Crippen LogP contribution in [0.3, 0.4) is 0 Å². The molecule has 0 saturated carbocycles. The Balaban J connectivity index is 2.44. The normalized spacial score (nSPS) is 10.6. The number of rotatable bonds is 5. The van der Waals surface area contributed by atoms with E-state index in [1.807, 2.05) is 0 Å². The molecule has 2 aromatic rings. The molecule has 2 N–H and O–H groups in total. The standard InChI is InChI=1S/C14H14Cl2FN3/c15-10-8-11(16)14(19-9-10)20(7-3-6-18)13-5-2-1-4-12(13)17/h1-2,4-5,8-9H,3,6-7,18H2. The van der Waals surface area contributed by atoms with E-state index in [0.717, 1.165) is 0 Å². The lowest BCUT2D eigenvalue weighted by molar-refractivity contribution is 0.623. The first kappa shape index (κ1) is 15.0. The van der Waals surface area contributed by atoms with Crippen LogP contribution in [0, 0.1) is 5.82 Å². The number of aromatic nitrogens is 1. The molecule has 1 aromatic heterocycles. The third-order valence-corrected chi connectivity index (χ3v) is 3.26. The van der Waals surface area contributed by atoms with Crippen LogP contribution in [0.5, 0.6) is 0 Å². The summed E-state index contributed by atoms with van der Waals surface area (Å²) in [4.78, 5) is 5.91. The number of hydrogen-bond acceptors (Lipinski definition) is 3.